The number of carbonyl (C=O) groups excluding carboxylic acids is 1. The third kappa shape index (κ3) is 4.33. The van der Waals surface area contributed by atoms with Crippen LogP contribution in [-0.4, -0.2) is 25.9 Å². The fourth-order valence-electron chi connectivity index (χ4n) is 3.99. The third-order valence-electron chi connectivity index (χ3n) is 5.77. The Labute approximate surface area is 195 Å². The standard InChI is InChI=1S/C24H22N4O5S/c29-23(22-12-16-14-25-10-8-20(16)27-22)26-13-15-4-6-17(7-5-15)34(31,32)28-21-3-1-2-19-18(21)9-11-33-24(19)30/h1-7,9,11-12,25,27-28H,8,10,13-14H2,(H,26,29). The summed E-state index contributed by atoms with van der Waals surface area (Å²) in [7, 11) is -3.89. The highest BCUT2D eigenvalue weighted by molar-refractivity contribution is 7.92. The van der Waals surface area contributed by atoms with E-state index in [0.717, 1.165) is 36.3 Å². The van der Waals surface area contributed by atoms with Gasteiger partial charge in [-0.1, -0.05) is 18.2 Å². The predicted molar refractivity (Wildman–Crippen MR) is 127 cm³/mol. The minimum atomic E-state index is -3.89. The maximum absolute atomic E-state index is 12.9. The molecule has 1 aliphatic rings. The van der Waals surface area contributed by atoms with Gasteiger partial charge in [0.1, 0.15) is 5.69 Å². The Morgan fingerprint density at radius 1 is 1.06 bits per heavy atom. The summed E-state index contributed by atoms with van der Waals surface area (Å²) in [5.41, 5.74) is 3.20. The number of H-pyrrole nitrogens is 1. The summed E-state index contributed by atoms with van der Waals surface area (Å²) < 4.78 is 33.2. The van der Waals surface area contributed by atoms with Gasteiger partial charge in [0.05, 0.1) is 22.2 Å². The Morgan fingerprint density at radius 3 is 2.68 bits per heavy atom. The molecule has 5 rings (SSSR count). The van der Waals surface area contributed by atoms with Crippen LogP contribution in [0.25, 0.3) is 10.8 Å². The first-order valence-corrected chi connectivity index (χ1v) is 12.2. The first kappa shape index (κ1) is 21.9. The molecule has 0 atom stereocenters. The average Bonchev–Trinajstić information content (AvgIpc) is 3.28. The molecule has 1 amide bonds. The summed E-state index contributed by atoms with van der Waals surface area (Å²) in [5.74, 6) is -0.215. The van der Waals surface area contributed by atoms with Crippen molar-refractivity contribution in [3.8, 4) is 0 Å². The van der Waals surface area contributed by atoms with Gasteiger partial charge in [-0.2, -0.15) is 0 Å². The zero-order valence-corrected chi connectivity index (χ0v) is 18.9. The van der Waals surface area contributed by atoms with Crippen molar-refractivity contribution in [3.05, 3.63) is 93.8 Å². The molecule has 2 aromatic heterocycles. The van der Waals surface area contributed by atoms with Crippen LogP contribution >= 0.6 is 0 Å². The van der Waals surface area contributed by atoms with E-state index >= 15 is 0 Å². The summed E-state index contributed by atoms with van der Waals surface area (Å²) in [6.07, 6.45) is 2.09. The lowest BCUT2D eigenvalue weighted by Gasteiger charge is -2.11. The predicted octanol–water partition coefficient (Wildman–Crippen LogP) is 2.50. The van der Waals surface area contributed by atoms with Crippen molar-refractivity contribution < 1.29 is 17.6 Å². The van der Waals surface area contributed by atoms with E-state index in [1.54, 1.807) is 30.3 Å². The van der Waals surface area contributed by atoms with E-state index < -0.39 is 15.6 Å². The van der Waals surface area contributed by atoms with Gasteiger partial charge in [-0.15, -0.1) is 0 Å². The van der Waals surface area contributed by atoms with E-state index in [-0.39, 0.29) is 28.4 Å². The molecule has 0 fully saturated rings. The number of carbonyl (C=O) groups is 1. The van der Waals surface area contributed by atoms with Crippen molar-refractivity contribution in [3.63, 3.8) is 0 Å². The first-order valence-electron chi connectivity index (χ1n) is 10.7. The molecule has 1 aliphatic heterocycles. The highest BCUT2D eigenvalue weighted by Crippen LogP contribution is 2.24. The molecule has 0 unspecified atom stereocenters. The van der Waals surface area contributed by atoms with E-state index in [1.165, 1.54) is 24.5 Å². The van der Waals surface area contributed by atoms with E-state index in [0.29, 0.717) is 11.1 Å². The number of rotatable bonds is 6. The molecule has 0 bridgehead atoms. The molecule has 4 N–H and O–H groups in total. The number of fused-ring (bicyclic) bond motifs is 2. The van der Waals surface area contributed by atoms with Crippen molar-refractivity contribution in [2.75, 3.05) is 11.3 Å². The van der Waals surface area contributed by atoms with Crippen LogP contribution in [0, 0.1) is 0 Å². The monoisotopic (exact) mass is 478 g/mol. The molecule has 2 aromatic carbocycles. The summed E-state index contributed by atoms with van der Waals surface area (Å²) in [6, 6.07) is 14.4. The van der Waals surface area contributed by atoms with E-state index in [4.69, 9.17) is 4.42 Å². The quantitative estimate of drug-likeness (QED) is 0.337. The van der Waals surface area contributed by atoms with Gasteiger partial charge in [0.25, 0.3) is 15.9 Å². The minimum Gasteiger partial charge on any atom is -0.431 e. The van der Waals surface area contributed by atoms with Gasteiger partial charge in [-0.3, -0.25) is 9.52 Å². The fraction of sp³-hybridized carbons (Fsp3) is 0.167. The molecular formula is C24H22N4O5S. The van der Waals surface area contributed by atoms with Crippen molar-refractivity contribution in [2.24, 2.45) is 0 Å². The van der Waals surface area contributed by atoms with E-state index in [9.17, 15) is 18.0 Å². The Hall–Kier alpha value is -3.89. The van der Waals surface area contributed by atoms with Gasteiger partial charge in [0.15, 0.2) is 0 Å². The van der Waals surface area contributed by atoms with Crippen LogP contribution in [0.1, 0.15) is 27.3 Å². The van der Waals surface area contributed by atoms with Crippen LogP contribution in [-0.2, 0) is 29.5 Å². The molecule has 3 heterocycles. The molecule has 0 spiro atoms. The van der Waals surface area contributed by atoms with Crippen LogP contribution in [0.4, 0.5) is 5.69 Å². The highest BCUT2D eigenvalue weighted by atomic mass is 32.2. The van der Waals surface area contributed by atoms with Gasteiger partial charge in [-0.05, 0) is 47.5 Å². The summed E-state index contributed by atoms with van der Waals surface area (Å²) in [4.78, 5) is 27.6. The van der Waals surface area contributed by atoms with Crippen molar-refractivity contribution in [1.29, 1.82) is 0 Å². The number of anilines is 1. The molecule has 0 radical (unpaired) electrons. The second kappa shape index (κ2) is 8.81. The lowest BCUT2D eigenvalue weighted by molar-refractivity contribution is 0.0946. The lowest BCUT2D eigenvalue weighted by Crippen LogP contribution is -2.23. The maximum Gasteiger partial charge on any atom is 0.343 e. The average molecular weight is 479 g/mol. The van der Waals surface area contributed by atoms with Crippen LogP contribution < -0.4 is 21.0 Å². The van der Waals surface area contributed by atoms with Crippen molar-refractivity contribution in [1.82, 2.24) is 15.6 Å². The number of benzene rings is 2. The highest BCUT2D eigenvalue weighted by Gasteiger charge is 2.18. The second-order valence-corrected chi connectivity index (χ2v) is 9.70. The SMILES string of the molecule is O=C(NCc1ccc(S(=O)(=O)Nc2cccc3c(=O)occc23)cc1)c1cc2c([nH]1)CCNC2. The van der Waals surface area contributed by atoms with Crippen LogP contribution in [0.2, 0.25) is 0 Å². The Balaban J connectivity index is 1.27. The first-order chi connectivity index (χ1) is 16.4. The van der Waals surface area contributed by atoms with Gasteiger partial charge in [0.2, 0.25) is 0 Å². The van der Waals surface area contributed by atoms with E-state index in [1.807, 2.05) is 6.07 Å². The number of aromatic amines is 1. The molecule has 9 nitrogen and oxygen atoms in total. The molecular weight excluding hydrogens is 456 g/mol. The molecule has 0 aliphatic carbocycles. The molecule has 174 valence electrons. The summed E-state index contributed by atoms with van der Waals surface area (Å²) in [5, 5.41) is 6.86. The number of nitrogens with one attached hydrogen (secondary N) is 4. The van der Waals surface area contributed by atoms with Crippen LogP contribution in [0.3, 0.4) is 0 Å². The molecule has 10 heteroatoms. The smallest absolute Gasteiger partial charge is 0.343 e. The molecule has 34 heavy (non-hydrogen) atoms. The van der Waals surface area contributed by atoms with Crippen LogP contribution in [0.5, 0.6) is 0 Å². The van der Waals surface area contributed by atoms with E-state index in [2.05, 4.69) is 20.3 Å². The molecule has 4 aromatic rings. The number of sulfonamides is 1. The molecule has 0 saturated carbocycles. The number of hydrogen-bond donors (Lipinski definition) is 4. The second-order valence-electron chi connectivity index (χ2n) is 8.02. The summed E-state index contributed by atoms with van der Waals surface area (Å²) >= 11 is 0. The molecule has 0 saturated heterocycles. The Morgan fingerprint density at radius 2 is 1.88 bits per heavy atom. The van der Waals surface area contributed by atoms with Crippen molar-refractivity contribution in [2.45, 2.75) is 24.4 Å². The van der Waals surface area contributed by atoms with Gasteiger partial charge in [0, 0.05) is 37.1 Å². The largest absolute Gasteiger partial charge is 0.431 e. The van der Waals surface area contributed by atoms with Crippen molar-refractivity contribution >= 4 is 32.4 Å². The third-order valence-corrected chi connectivity index (χ3v) is 7.15. The Bertz CT molecular complexity index is 1510. The lowest BCUT2D eigenvalue weighted by atomic mass is 10.1. The maximum atomic E-state index is 12.9. The fourth-order valence-corrected chi connectivity index (χ4v) is 5.07. The normalized spacial score (nSPS) is 13.4. The van der Waals surface area contributed by atoms with Crippen LogP contribution in [0.15, 0.2) is 75.0 Å². The van der Waals surface area contributed by atoms with Gasteiger partial charge >= 0.3 is 5.63 Å². The van der Waals surface area contributed by atoms with Gasteiger partial charge in [-0.25, -0.2) is 13.2 Å². The number of aromatic nitrogens is 1. The number of hydrogen-bond acceptors (Lipinski definition) is 6. The minimum absolute atomic E-state index is 0.0621. The number of amides is 1. The topological polar surface area (TPSA) is 133 Å². The zero-order valence-electron chi connectivity index (χ0n) is 18.1. The van der Waals surface area contributed by atoms with Gasteiger partial charge < -0.3 is 20.0 Å². The summed E-state index contributed by atoms with van der Waals surface area (Å²) in [6.45, 7) is 1.89. The Kier molecular flexibility index (Phi) is 5.68. The zero-order chi connectivity index (χ0) is 23.7.